The Labute approximate surface area is 90.7 Å². The molecule has 0 aromatic rings. The molecule has 4 heteroatoms. The molecule has 0 N–H and O–H groups in total. The zero-order chi connectivity index (χ0) is 11.0. The summed E-state index contributed by atoms with van der Waals surface area (Å²) < 4.78 is 4.86. The number of halogens is 1. The molecule has 0 spiro atoms. The van der Waals surface area contributed by atoms with Gasteiger partial charge in [0, 0.05) is 18.1 Å². The Bertz CT molecular complexity index is 193. The normalized spacial score (nSPS) is 11.6. The molecule has 3 nitrogen and oxygen atoms in total. The Morgan fingerprint density at radius 2 is 2.21 bits per heavy atom. The third kappa shape index (κ3) is 6.00. The topological polar surface area (TPSA) is 29.5 Å². The first kappa shape index (κ1) is 13.5. The fourth-order valence-corrected chi connectivity index (χ4v) is 1.09. The van der Waals surface area contributed by atoms with Gasteiger partial charge in [0.15, 0.2) is 0 Å². The smallest absolute Gasteiger partial charge is 0.320 e. The van der Waals surface area contributed by atoms with E-state index in [1.165, 1.54) is 5.54 Å². The predicted molar refractivity (Wildman–Crippen MR) is 58.3 cm³/mol. The maximum Gasteiger partial charge on any atom is 0.320 e. The zero-order valence-electron chi connectivity index (χ0n) is 9.00. The van der Waals surface area contributed by atoms with E-state index in [-0.39, 0.29) is 5.97 Å². The predicted octanol–water partition coefficient (Wildman–Crippen LogP) is 2.01. The second-order valence-corrected chi connectivity index (χ2v) is 3.44. The second-order valence-electron chi connectivity index (χ2n) is 3.19. The van der Waals surface area contributed by atoms with E-state index in [1.54, 1.807) is 13.0 Å². The van der Waals surface area contributed by atoms with Crippen molar-refractivity contribution in [2.45, 2.75) is 26.8 Å². The van der Waals surface area contributed by atoms with Crippen LogP contribution in [-0.4, -0.2) is 36.6 Å². The van der Waals surface area contributed by atoms with Crippen LogP contribution in [0.4, 0.5) is 0 Å². The number of ether oxygens (including phenoxy) is 1. The van der Waals surface area contributed by atoms with E-state index in [0.29, 0.717) is 25.7 Å². The van der Waals surface area contributed by atoms with Gasteiger partial charge in [-0.25, -0.2) is 0 Å². The molecule has 0 saturated heterocycles. The molecular formula is C10H18ClNO2. The summed E-state index contributed by atoms with van der Waals surface area (Å²) in [5.74, 6) is -0.191. The van der Waals surface area contributed by atoms with Gasteiger partial charge in [0.05, 0.1) is 13.2 Å². The molecule has 82 valence electrons. The van der Waals surface area contributed by atoms with E-state index >= 15 is 0 Å². The van der Waals surface area contributed by atoms with Gasteiger partial charge in [-0.05, 0) is 20.8 Å². The first-order valence-corrected chi connectivity index (χ1v) is 5.20. The molecule has 0 bridgehead atoms. The SMILES string of the molecule is CCOC(=O)CN(CC=CCl)C(C)C. The van der Waals surface area contributed by atoms with Gasteiger partial charge in [-0.3, -0.25) is 9.69 Å². The van der Waals surface area contributed by atoms with Crippen molar-refractivity contribution in [3.63, 3.8) is 0 Å². The van der Waals surface area contributed by atoms with Gasteiger partial charge in [0.25, 0.3) is 0 Å². The lowest BCUT2D eigenvalue weighted by Gasteiger charge is -2.23. The number of esters is 1. The van der Waals surface area contributed by atoms with Crippen molar-refractivity contribution in [1.82, 2.24) is 4.90 Å². The van der Waals surface area contributed by atoms with E-state index in [2.05, 4.69) is 0 Å². The molecule has 0 atom stereocenters. The van der Waals surface area contributed by atoms with E-state index in [9.17, 15) is 4.79 Å². The summed E-state index contributed by atoms with van der Waals surface area (Å²) in [7, 11) is 0. The number of nitrogens with zero attached hydrogens (tertiary/aromatic N) is 1. The third-order valence-corrected chi connectivity index (χ3v) is 1.97. The quantitative estimate of drug-likeness (QED) is 0.641. The molecule has 0 aromatic heterocycles. The molecule has 0 heterocycles. The molecule has 0 amide bonds. The average molecular weight is 220 g/mol. The van der Waals surface area contributed by atoms with Crippen LogP contribution in [0.5, 0.6) is 0 Å². The van der Waals surface area contributed by atoms with Gasteiger partial charge in [-0.1, -0.05) is 17.7 Å². The lowest BCUT2D eigenvalue weighted by atomic mass is 10.3. The number of hydrogen-bond acceptors (Lipinski definition) is 3. The van der Waals surface area contributed by atoms with Crippen LogP contribution < -0.4 is 0 Å². The second kappa shape index (κ2) is 7.83. The highest BCUT2D eigenvalue weighted by atomic mass is 35.5. The Kier molecular flexibility index (Phi) is 7.52. The monoisotopic (exact) mass is 219 g/mol. The largest absolute Gasteiger partial charge is 0.465 e. The van der Waals surface area contributed by atoms with Gasteiger partial charge in [-0.2, -0.15) is 0 Å². The maximum absolute atomic E-state index is 11.2. The molecule has 0 saturated carbocycles. The number of carbonyl (C=O) groups excluding carboxylic acids is 1. The molecule has 0 aliphatic rings. The van der Waals surface area contributed by atoms with E-state index in [0.717, 1.165) is 0 Å². The Morgan fingerprint density at radius 3 is 2.64 bits per heavy atom. The zero-order valence-corrected chi connectivity index (χ0v) is 9.75. The van der Waals surface area contributed by atoms with Crippen molar-refractivity contribution in [3.8, 4) is 0 Å². The minimum Gasteiger partial charge on any atom is -0.465 e. The molecule has 0 rings (SSSR count). The van der Waals surface area contributed by atoms with Crippen LogP contribution >= 0.6 is 11.6 Å². The molecule has 0 fully saturated rings. The maximum atomic E-state index is 11.2. The fraction of sp³-hybridized carbons (Fsp3) is 0.700. The summed E-state index contributed by atoms with van der Waals surface area (Å²) in [5, 5.41) is 0. The molecule has 0 unspecified atom stereocenters. The average Bonchev–Trinajstić information content (AvgIpc) is 2.12. The van der Waals surface area contributed by atoms with Crippen molar-refractivity contribution in [3.05, 3.63) is 11.6 Å². The van der Waals surface area contributed by atoms with Gasteiger partial charge in [-0.15, -0.1) is 0 Å². The highest BCUT2D eigenvalue weighted by molar-refractivity contribution is 6.25. The first-order chi connectivity index (χ1) is 6.61. The van der Waals surface area contributed by atoms with E-state index in [1.807, 2.05) is 18.7 Å². The number of carbonyl (C=O) groups is 1. The van der Waals surface area contributed by atoms with Crippen molar-refractivity contribution in [2.75, 3.05) is 19.7 Å². The molecule has 0 radical (unpaired) electrons. The number of rotatable bonds is 6. The Morgan fingerprint density at radius 1 is 1.57 bits per heavy atom. The first-order valence-electron chi connectivity index (χ1n) is 4.76. The fourth-order valence-electron chi connectivity index (χ4n) is 1.01. The molecule has 0 aliphatic heterocycles. The van der Waals surface area contributed by atoms with Gasteiger partial charge in [0.2, 0.25) is 0 Å². The number of hydrogen-bond donors (Lipinski definition) is 0. The standard InChI is InChI=1S/C10H18ClNO2/c1-4-14-10(13)8-12(9(2)3)7-5-6-11/h5-6,9H,4,7-8H2,1-3H3. The minimum absolute atomic E-state index is 0.191. The Balaban J connectivity index is 4.02. The van der Waals surface area contributed by atoms with Crippen molar-refractivity contribution in [2.24, 2.45) is 0 Å². The van der Waals surface area contributed by atoms with Gasteiger partial charge < -0.3 is 4.74 Å². The van der Waals surface area contributed by atoms with Crippen LogP contribution in [0, 0.1) is 0 Å². The van der Waals surface area contributed by atoms with Crippen LogP contribution in [0.3, 0.4) is 0 Å². The van der Waals surface area contributed by atoms with E-state index in [4.69, 9.17) is 16.3 Å². The van der Waals surface area contributed by atoms with Crippen LogP contribution in [0.1, 0.15) is 20.8 Å². The highest BCUT2D eigenvalue weighted by Gasteiger charge is 2.12. The molecule has 0 aromatic carbocycles. The lowest BCUT2D eigenvalue weighted by molar-refractivity contribution is -0.144. The van der Waals surface area contributed by atoms with Crippen molar-refractivity contribution in [1.29, 1.82) is 0 Å². The molecular weight excluding hydrogens is 202 g/mol. The summed E-state index contributed by atoms with van der Waals surface area (Å²) in [6.07, 6.45) is 1.81. The summed E-state index contributed by atoms with van der Waals surface area (Å²) in [5.41, 5.74) is 1.46. The minimum atomic E-state index is -0.191. The summed E-state index contributed by atoms with van der Waals surface area (Å²) >= 11 is 5.42. The lowest BCUT2D eigenvalue weighted by Crippen LogP contribution is -2.36. The van der Waals surface area contributed by atoms with Crippen LogP contribution in [0.2, 0.25) is 0 Å². The highest BCUT2D eigenvalue weighted by Crippen LogP contribution is 1.99. The third-order valence-electron chi connectivity index (χ3n) is 1.80. The summed E-state index contributed by atoms with van der Waals surface area (Å²) in [6, 6.07) is 0.298. The molecule has 14 heavy (non-hydrogen) atoms. The van der Waals surface area contributed by atoms with Crippen molar-refractivity contribution >= 4 is 17.6 Å². The van der Waals surface area contributed by atoms with Crippen LogP contribution in [0.25, 0.3) is 0 Å². The summed E-state index contributed by atoms with van der Waals surface area (Å²) in [4.78, 5) is 13.2. The van der Waals surface area contributed by atoms with E-state index < -0.39 is 0 Å². The van der Waals surface area contributed by atoms with Gasteiger partial charge >= 0.3 is 5.97 Å². The Hall–Kier alpha value is -0.540. The van der Waals surface area contributed by atoms with Crippen LogP contribution in [0.15, 0.2) is 11.6 Å². The van der Waals surface area contributed by atoms with Crippen molar-refractivity contribution < 1.29 is 9.53 Å². The van der Waals surface area contributed by atoms with Crippen LogP contribution in [-0.2, 0) is 9.53 Å². The van der Waals surface area contributed by atoms with Gasteiger partial charge in [0.1, 0.15) is 0 Å². The molecule has 0 aliphatic carbocycles. The summed E-state index contributed by atoms with van der Waals surface area (Å²) in [6.45, 7) is 7.27.